The summed E-state index contributed by atoms with van der Waals surface area (Å²) in [6.07, 6.45) is -1.20. The van der Waals surface area contributed by atoms with Crippen molar-refractivity contribution in [3.05, 3.63) is 95.8 Å². The van der Waals surface area contributed by atoms with Crippen LogP contribution < -0.4 is 10.1 Å². The van der Waals surface area contributed by atoms with Gasteiger partial charge in [-0.2, -0.15) is 0 Å². The number of carbonyl (C=O) groups excluding carboxylic acids is 2. The molecule has 1 atom stereocenters. The Bertz CT molecular complexity index is 974. The predicted molar refractivity (Wildman–Crippen MR) is 107 cm³/mol. The molecule has 148 valence electrons. The maximum Gasteiger partial charge on any atom is 0.311 e. The zero-order chi connectivity index (χ0) is 20.6. The van der Waals surface area contributed by atoms with Crippen molar-refractivity contribution < 1.29 is 23.5 Å². The SMILES string of the molecule is COc1cccc(NC(=O)[C@H](OC(=O)Cc2ccc(F)cc2)c2ccccc2)c1. The van der Waals surface area contributed by atoms with E-state index in [2.05, 4.69) is 5.32 Å². The van der Waals surface area contributed by atoms with Crippen molar-refractivity contribution in [1.29, 1.82) is 0 Å². The number of benzene rings is 3. The largest absolute Gasteiger partial charge is 0.497 e. The predicted octanol–water partition coefficient (Wildman–Crippen LogP) is 4.30. The number of methoxy groups -OCH3 is 1. The fraction of sp³-hybridized carbons (Fsp3) is 0.130. The van der Waals surface area contributed by atoms with Crippen LogP contribution in [0.4, 0.5) is 10.1 Å². The number of halogens is 1. The smallest absolute Gasteiger partial charge is 0.311 e. The molecule has 3 rings (SSSR count). The van der Waals surface area contributed by atoms with Crippen molar-refractivity contribution in [2.75, 3.05) is 12.4 Å². The van der Waals surface area contributed by atoms with E-state index in [1.54, 1.807) is 54.6 Å². The van der Waals surface area contributed by atoms with E-state index < -0.39 is 18.0 Å². The summed E-state index contributed by atoms with van der Waals surface area (Å²) < 4.78 is 23.7. The molecule has 0 bridgehead atoms. The summed E-state index contributed by atoms with van der Waals surface area (Å²) in [7, 11) is 1.53. The number of hydrogen-bond donors (Lipinski definition) is 1. The summed E-state index contributed by atoms with van der Waals surface area (Å²) in [5.74, 6) is -0.877. The number of amides is 1. The summed E-state index contributed by atoms with van der Waals surface area (Å²) in [6.45, 7) is 0. The molecular formula is C23H20FNO4. The van der Waals surface area contributed by atoms with Crippen LogP contribution in [0.25, 0.3) is 0 Å². The van der Waals surface area contributed by atoms with E-state index in [0.717, 1.165) is 0 Å². The molecule has 0 fully saturated rings. The van der Waals surface area contributed by atoms with Gasteiger partial charge in [0.1, 0.15) is 11.6 Å². The molecule has 0 heterocycles. The molecule has 5 nitrogen and oxygen atoms in total. The number of esters is 1. The van der Waals surface area contributed by atoms with Gasteiger partial charge in [-0.15, -0.1) is 0 Å². The monoisotopic (exact) mass is 393 g/mol. The van der Waals surface area contributed by atoms with Gasteiger partial charge in [0.15, 0.2) is 0 Å². The molecule has 0 aliphatic rings. The standard InChI is InChI=1S/C23H20FNO4/c1-28-20-9-5-8-19(15-20)25-23(27)22(17-6-3-2-4-7-17)29-21(26)14-16-10-12-18(24)13-11-16/h2-13,15,22H,14H2,1H3,(H,25,27)/t22-/m1/s1. The highest BCUT2D eigenvalue weighted by molar-refractivity contribution is 5.96. The molecule has 6 heteroatoms. The number of ether oxygens (including phenoxy) is 2. The molecule has 1 N–H and O–H groups in total. The second-order valence-corrected chi connectivity index (χ2v) is 6.31. The third-order valence-electron chi connectivity index (χ3n) is 4.19. The number of anilines is 1. The Balaban J connectivity index is 1.76. The number of nitrogens with one attached hydrogen (secondary N) is 1. The Morgan fingerprint density at radius 2 is 1.69 bits per heavy atom. The van der Waals surface area contributed by atoms with Crippen LogP contribution in [0.1, 0.15) is 17.2 Å². The van der Waals surface area contributed by atoms with E-state index in [1.807, 2.05) is 0 Å². The van der Waals surface area contributed by atoms with E-state index >= 15 is 0 Å². The first-order chi connectivity index (χ1) is 14.0. The summed E-state index contributed by atoms with van der Waals surface area (Å²) in [4.78, 5) is 25.3. The fourth-order valence-electron chi connectivity index (χ4n) is 2.75. The second-order valence-electron chi connectivity index (χ2n) is 6.31. The maximum atomic E-state index is 13.0. The first-order valence-electron chi connectivity index (χ1n) is 8.99. The van der Waals surface area contributed by atoms with Gasteiger partial charge >= 0.3 is 5.97 Å². The minimum Gasteiger partial charge on any atom is -0.497 e. The van der Waals surface area contributed by atoms with Crippen LogP contribution in [-0.4, -0.2) is 19.0 Å². The van der Waals surface area contributed by atoms with Gasteiger partial charge in [0.2, 0.25) is 6.10 Å². The summed E-state index contributed by atoms with van der Waals surface area (Å²) in [6, 6.07) is 21.2. The van der Waals surface area contributed by atoms with Gasteiger partial charge < -0.3 is 14.8 Å². The lowest BCUT2D eigenvalue weighted by Crippen LogP contribution is -2.26. The topological polar surface area (TPSA) is 64.6 Å². The Morgan fingerprint density at radius 1 is 0.966 bits per heavy atom. The van der Waals surface area contributed by atoms with Gasteiger partial charge in [-0.05, 0) is 29.8 Å². The molecule has 0 radical (unpaired) electrons. The van der Waals surface area contributed by atoms with E-state index in [0.29, 0.717) is 22.6 Å². The van der Waals surface area contributed by atoms with E-state index in [1.165, 1.54) is 31.4 Å². The minimum atomic E-state index is -1.13. The van der Waals surface area contributed by atoms with Crippen molar-refractivity contribution in [2.24, 2.45) is 0 Å². The highest BCUT2D eigenvalue weighted by Gasteiger charge is 2.25. The fourth-order valence-corrected chi connectivity index (χ4v) is 2.75. The van der Waals surface area contributed by atoms with Crippen LogP contribution in [0.3, 0.4) is 0 Å². The van der Waals surface area contributed by atoms with E-state index in [-0.39, 0.29) is 12.2 Å². The highest BCUT2D eigenvalue weighted by atomic mass is 19.1. The lowest BCUT2D eigenvalue weighted by atomic mass is 10.1. The molecule has 0 unspecified atom stereocenters. The number of rotatable bonds is 7. The zero-order valence-electron chi connectivity index (χ0n) is 15.8. The number of hydrogen-bond acceptors (Lipinski definition) is 4. The molecule has 3 aromatic rings. The Labute approximate surface area is 168 Å². The van der Waals surface area contributed by atoms with Crippen molar-refractivity contribution in [2.45, 2.75) is 12.5 Å². The lowest BCUT2D eigenvalue weighted by Gasteiger charge is -2.18. The van der Waals surface area contributed by atoms with E-state index in [4.69, 9.17) is 9.47 Å². The van der Waals surface area contributed by atoms with E-state index in [9.17, 15) is 14.0 Å². The molecule has 0 aromatic heterocycles. The number of carbonyl (C=O) groups is 2. The summed E-state index contributed by atoms with van der Waals surface area (Å²) in [5.41, 5.74) is 1.65. The Morgan fingerprint density at radius 3 is 2.38 bits per heavy atom. The molecule has 0 saturated carbocycles. The first-order valence-corrected chi connectivity index (χ1v) is 8.99. The Hall–Kier alpha value is -3.67. The van der Waals surface area contributed by atoms with Gasteiger partial charge in [0.05, 0.1) is 13.5 Å². The molecule has 0 aliphatic heterocycles. The van der Waals surface area contributed by atoms with Crippen LogP contribution >= 0.6 is 0 Å². The van der Waals surface area contributed by atoms with Crippen LogP contribution in [0.15, 0.2) is 78.9 Å². The highest BCUT2D eigenvalue weighted by Crippen LogP contribution is 2.23. The van der Waals surface area contributed by atoms with Gasteiger partial charge in [-0.1, -0.05) is 48.5 Å². The van der Waals surface area contributed by atoms with Gasteiger partial charge in [0, 0.05) is 17.3 Å². The average molecular weight is 393 g/mol. The van der Waals surface area contributed by atoms with Gasteiger partial charge in [0.25, 0.3) is 5.91 Å². The molecule has 29 heavy (non-hydrogen) atoms. The van der Waals surface area contributed by atoms with Gasteiger partial charge in [-0.25, -0.2) is 4.39 Å². The minimum absolute atomic E-state index is 0.0734. The maximum absolute atomic E-state index is 13.0. The molecular weight excluding hydrogens is 373 g/mol. The van der Waals surface area contributed by atoms with Crippen LogP contribution in [0.2, 0.25) is 0 Å². The third kappa shape index (κ3) is 5.65. The third-order valence-corrected chi connectivity index (χ3v) is 4.19. The quantitative estimate of drug-likeness (QED) is 0.608. The van der Waals surface area contributed by atoms with Crippen molar-refractivity contribution in [1.82, 2.24) is 0 Å². The van der Waals surface area contributed by atoms with Crippen molar-refractivity contribution >= 4 is 17.6 Å². The molecule has 0 aliphatic carbocycles. The van der Waals surface area contributed by atoms with Crippen molar-refractivity contribution in [3.63, 3.8) is 0 Å². The van der Waals surface area contributed by atoms with Gasteiger partial charge in [-0.3, -0.25) is 9.59 Å². The first kappa shape index (κ1) is 20.1. The van der Waals surface area contributed by atoms with Crippen LogP contribution in [-0.2, 0) is 20.7 Å². The van der Waals surface area contributed by atoms with Crippen molar-refractivity contribution in [3.8, 4) is 5.75 Å². The molecule has 0 spiro atoms. The molecule has 0 saturated heterocycles. The van der Waals surface area contributed by atoms with Crippen LogP contribution in [0.5, 0.6) is 5.75 Å². The normalized spacial score (nSPS) is 11.4. The zero-order valence-corrected chi connectivity index (χ0v) is 15.8. The summed E-state index contributed by atoms with van der Waals surface area (Å²) in [5, 5.41) is 2.75. The van der Waals surface area contributed by atoms with Crippen LogP contribution in [0, 0.1) is 5.82 Å². The Kier molecular flexibility index (Phi) is 6.58. The average Bonchev–Trinajstić information content (AvgIpc) is 2.74. The molecule has 1 amide bonds. The lowest BCUT2D eigenvalue weighted by molar-refractivity contribution is -0.154. The summed E-state index contributed by atoms with van der Waals surface area (Å²) >= 11 is 0. The second kappa shape index (κ2) is 9.50. The molecule has 3 aromatic carbocycles.